The molecule has 0 spiro atoms. The summed E-state index contributed by atoms with van der Waals surface area (Å²) in [5, 5.41) is 12.0. The number of hydrogen-bond donors (Lipinski definition) is 2. The number of ether oxygens (including phenoxy) is 2. The van der Waals surface area contributed by atoms with Crippen LogP contribution in [0.15, 0.2) is 24.3 Å². The Morgan fingerprint density at radius 2 is 1.95 bits per heavy atom. The number of hydrogen-bond acceptors (Lipinski definition) is 4. The Balaban J connectivity index is 1.62. The van der Waals surface area contributed by atoms with Crippen LogP contribution in [0.25, 0.3) is 0 Å². The molecular weight excluding hydrogens is 242 g/mol. The third-order valence-corrected chi connectivity index (χ3v) is 3.64. The summed E-state index contributed by atoms with van der Waals surface area (Å²) in [5.74, 6) is 1.58. The first-order valence-corrected chi connectivity index (χ1v) is 6.89. The van der Waals surface area contributed by atoms with Gasteiger partial charge in [-0.3, -0.25) is 0 Å². The van der Waals surface area contributed by atoms with Crippen molar-refractivity contribution in [2.45, 2.75) is 24.8 Å². The third-order valence-electron chi connectivity index (χ3n) is 3.64. The fourth-order valence-electron chi connectivity index (χ4n) is 2.43. The van der Waals surface area contributed by atoms with E-state index >= 15 is 0 Å². The summed E-state index contributed by atoms with van der Waals surface area (Å²) >= 11 is 0. The van der Waals surface area contributed by atoms with Crippen molar-refractivity contribution in [2.24, 2.45) is 0 Å². The van der Waals surface area contributed by atoms with E-state index in [1.54, 1.807) is 7.11 Å². The molecule has 0 aromatic heterocycles. The molecule has 1 aromatic rings. The van der Waals surface area contributed by atoms with Crippen LogP contribution in [0.4, 0.5) is 0 Å². The minimum Gasteiger partial charge on any atom is -0.497 e. The number of nitrogens with one attached hydrogen (secondary N) is 1. The molecule has 0 atom stereocenters. The maximum absolute atomic E-state index is 8.58. The Hall–Kier alpha value is -1.10. The van der Waals surface area contributed by atoms with Gasteiger partial charge >= 0.3 is 0 Å². The van der Waals surface area contributed by atoms with Gasteiger partial charge in [0.2, 0.25) is 0 Å². The number of aliphatic hydroxyl groups excluding tert-OH is 1. The molecule has 0 radical (unpaired) electrons. The molecule has 0 amide bonds. The molecular formula is C15H23NO3. The molecule has 0 unspecified atom stereocenters. The van der Waals surface area contributed by atoms with Crippen molar-refractivity contribution in [3.05, 3.63) is 29.8 Å². The molecule has 2 rings (SSSR count). The van der Waals surface area contributed by atoms with Crippen molar-refractivity contribution in [3.63, 3.8) is 0 Å². The molecule has 4 heteroatoms. The zero-order valence-electron chi connectivity index (χ0n) is 11.5. The normalized spacial score (nSPS) is 22.0. The molecule has 0 bridgehead atoms. The van der Waals surface area contributed by atoms with E-state index in [-0.39, 0.29) is 6.61 Å². The lowest BCUT2D eigenvalue weighted by atomic mass is 9.76. The molecule has 1 aliphatic rings. The largest absolute Gasteiger partial charge is 0.497 e. The maximum atomic E-state index is 8.58. The summed E-state index contributed by atoms with van der Waals surface area (Å²) in [4.78, 5) is 0. The standard InChI is InChI=1S/C15H23NO3/c1-18-15-4-2-12(3-5-15)13-10-14(11-13)16-6-8-19-9-7-17/h2-5,13-14,16-17H,6-11H2,1H3. The Morgan fingerprint density at radius 3 is 2.58 bits per heavy atom. The Bertz CT molecular complexity index is 360. The molecule has 4 nitrogen and oxygen atoms in total. The molecule has 1 aromatic carbocycles. The molecule has 1 saturated carbocycles. The van der Waals surface area contributed by atoms with Gasteiger partial charge in [-0.2, -0.15) is 0 Å². The quantitative estimate of drug-likeness (QED) is 0.700. The van der Waals surface area contributed by atoms with Crippen LogP contribution in [0.2, 0.25) is 0 Å². The second kappa shape index (κ2) is 7.48. The zero-order chi connectivity index (χ0) is 13.5. The molecule has 1 fully saturated rings. The monoisotopic (exact) mass is 265 g/mol. The van der Waals surface area contributed by atoms with Gasteiger partial charge in [-0.1, -0.05) is 12.1 Å². The first-order valence-electron chi connectivity index (χ1n) is 6.89. The highest BCUT2D eigenvalue weighted by molar-refractivity contribution is 5.30. The number of methoxy groups -OCH3 is 1. The van der Waals surface area contributed by atoms with Gasteiger partial charge in [-0.05, 0) is 36.5 Å². The van der Waals surface area contributed by atoms with E-state index in [4.69, 9.17) is 14.6 Å². The molecule has 2 N–H and O–H groups in total. The summed E-state index contributed by atoms with van der Waals surface area (Å²) in [7, 11) is 1.69. The van der Waals surface area contributed by atoms with Crippen LogP contribution in [-0.4, -0.2) is 44.6 Å². The van der Waals surface area contributed by atoms with Gasteiger partial charge < -0.3 is 19.9 Å². The van der Waals surface area contributed by atoms with E-state index in [0.29, 0.717) is 25.2 Å². The highest BCUT2D eigenvalue weighted by Crippen LogP contribution is 2.37. The van der Waals surface area contributed by atoms with Gasteiger partial charge in [0.15, 0.2) is 0 Å². The van der Waals surface area contributed by atoms with Crippen molar-refractivity contribution in [3.8, 4) is 5.75 Å². The lowest BCUT2D eigenvalue weighted by Gasteiger charge is -2.36. The topological polar surface area (TPSA) is 50.7 Å². The Labute approximate surface area is 114 Å². The first-order chi connectivity index (χ1) is 9.33. The second-order valence-electron chi connectivity index (χ2n) is 4.93. The van der Waals surface area contributed by atoms with Gasteiger partial charge in [-0.15, -0.1) is 0 Å². The van der Waals surface area contributed by atoms with Crippen molar-refractivity contribution >= 4 is 0 Å². The van der Waals surface area contributed by atoms with Crippen molar-refractivity contribution in [1.82, 2.24) is 5.32 Å². The van der Waals surface area contributed by atoms with Gasteiger partial charge in [0.25, 0.3) is 0 Å². The maximum Gasteiger partial charge on any atom is 0.118 e. The van der Waals surface area contributed by atoms with E-state index in [2.05, 4.69) is 17.4 Å². The van der Waals surface area contributed by atoms with E-state index < -0.39 is 0 Å². The van der Waals surface area contributed by atoms with Crippen LogP contribution in [0.1, 0.15) is 24.3 Å². The summed E-state index contributed by atoms with van der Waals surface area (Å²) < 4.78 is 10.4. The highest BCUT2D eigenvalue weighted by atomic mass is 16.5. The number of benzene rings is 1. The van der Waals surface area contributed by atoms with E-state index in [0.717, 1.165) is 12.3 Å². The Kier molecular flexibility index (Phi) is 5.63. The lowest BCUT2D eigenvalue weighted by molar-refractivity contribution is 0.0901. The predicted octanol–water partition coefficient (Wildman–Crippen LogP) is 1.54. The number of rotatable bonds is 8. The molecule has 0 heterocycles. The SMILES string of the molecule is COc1ccc(C2CC(NCCOCCO)C2)cc1. The molecule has 0 saturated heterocycles. The van der Waals surface area contributed by atoms with Crippen molar-refractivity contribution in [2.75, 3.05) is 33.5 Å². The van der Waals surface area contributed by atoms with Crippen LogP contribution in [0, 0.1) is 0 Å². The van der Waals surface area contributed by atoms with Crippen LogP contribution in [0.3, 0.4) is 0 Å². The zero-order valence-corrected chi connectivity index (χ0v) is 11.5. The number of aliphatic hydroxyl groups is 1. The van der Waals surface area contributed by atoms with Crippen LogP contribution < -0.4 is 10.1 Å². The van der Waals surface area contributed by atoms with Gasteiger partial charge in [0.05, 0.1) is 26.9 Å². The molecule has 19 heavy (non-hydrogen) atoms. The average molecular weight is 265 g/mol. The molecule has 1 aliphatic carbocycles. The fraction of sp³-hybridized carbons (Fsp3) is 0.600. The van der Waals surface area contributed by atoms with Crippen molar-refractivity contribution in [1.29, 1.82) is 0 Å². The van der Waals surface area contributed by atoms with E-state index in [9.17, 15) is 0 Å². The summed E-state index contributed by atoms with van der Waals surface area (Å²) in [6.45, 7) is 2.06. The van der Waals surface area contributed by atoms with Crippen LogP contribution in [0.5, 0.6) is 5.75 Å². The predicted molar refractivity (Wildman–Crippen MR) is 74.7 cm³/mol. The minimum absolute atomic E-state index is 0.100. The average Bonchev–Trinajstić information content (AvgIpc) is 2.41. The fourth-order valence-corrected chi connectivity index (χ4v) is 2.43. The smallest absolute Gasteiger partial charge is 0.118 e. The second-order valence-corrected chi connectivity index (χ2v) is 4.93. The van der Waals surface area contributed by atoms with Crippen molar-refractivity contribution < 1.29 is 14.6 Å². The molecule has 0 aliphatic heterocycles. The Morgan fingerprint density at radius 1 is 1.21 bits per heavy atom. The summed E-state index contributed by atoms with van der Waals surface area (Å²) in [6, 6.07) is 8.97. The highest BCUT2D eigenvalue weighted by Gasteiger charge is 2.29. The van der Waals surface area contributed by atoms with Gasteiger partial charge in [-0.25, -0.2) is 0 Å². The molecule has 106 valence electrons. The van der Waals surface area contributed by atoms with Gasteiger partial charge in [0, 0.05) is 12.6 Å². The first kappa shape index (κ1) is 14.3. The summed E-state index contributed by atoms with van der Waals surface area (Å²) in [6.07, 6.45) is 2.37. The van der Waals surface area contributed by atoms with Gasteiger partial charge in [0.1, 0.15) is 5.75 Å². The van der Waals surface area contributed by atoms with Crippen LogP contribution in [-0.2, 0) is 4.74 Å². The summed E-state index contributed by atoms with van der Waals surface area (Å²) in [5.41, 5.74) is 1.40. The van der Waals surface area contributed by atoms with Crippen LogP contribution >= 0.6 is 0 Å². The van der Waals surface area contributed by atoms with E-state index in [1.165, 1.54) is 18.4 Å². The minimum atomic E-state index is 0.100. The third kappa shape index (κ3) is 4.20. The van der Waals surface area contributed by atoms with E-state index in [1.807, 2.05) is 12.1 Å². The lowest BCUT2D eigenvalue weighted by Crippen LogP contribution is -2.41.